The van der Waals surface area contributed by atoms with Crippen LogP contribution >= 0.6 is 0 Å². The quantitative estimate of drug-likeness (QED) is 0.765. The lowest BCUT2D eigenvalue weighted by molar-refractivity contribution is 0.124. The number of hydrogen-bond acceptors (Lipinski definition) is 2. The zero-order valence-corrected chi connectivity index (χ0v) is 8.46. The maximum Gasteiger partial charge on any atom is 0.123 e. The first kappa shape index (κ1) is 10.1. The van der Waals surface area contributed by atoms with Crippen molar-refractivity contribution < 1.29 is 9.23 Å². The Bertz CT molecular complexity index is 496. The van der Waals surface area contributed by atoms with E-state index < -0.39 is 0 Å². The van der Waals surface area contributed by atoms with Gasteiger partial charge in [0.15, 0.2) is 0 Å². The Hall–Kier alpha value is -1.45. The van der Waals surface area contributed by atoms with E-state index in [1.165, 1.54) is 12.1 Å². The highest BCUT2D eigenvalue weighted by molar-refractivity contribution is 5.84. The predicted molar refractivity (Wildman–Crippen MR) is 57.6 cm³/mol. The van der Waals surface area contributed by atoms with Crippen LogP contribution in [0.5, 0.6) is 0 Å². The molecule has 0 aliphatic rings. The molecule has 0 spiro atoms. The van der Waals surface area contributed by atoms with Crippen LogP contribution < -0.4 is 5.90 Å². The van der Waals surface area contributed by atoms with Crippen molar-refractivity contribution in [1.82, 2.24) is 0 Å². The van der Waals surface area contributed by atoms with Gasteiger partial charge in [-0.3, -0.25) is 4.84 Å². The van der Waals surface area contributed by atoms with E-state index in [9.17, 15) is 4.39 Å². The Morgan fingerprint density at radius 2 is 2.00 bits per heavy atom. The minimum absolute atomic E-state index is 0.231. The smallest absolute Gasteiger partial charge is 0.123 e. The van der Waals surface area contributed by atoms with Gasteiger partial charge in [-0.05, 0) is 47.0 Å². The molecular weight excluding hydrogens is 193 g/mol. The molecule has 0 aliphatic heterocycles. The van der Waals surface area contributed by atoms with Crippen molar-refractivity contribution in [3.05, 3.63) is 47.3 Å². The maximum absolute atomic E-state index is 13.0. The average molecular weight is 205 g/mol. The molecule has 0 fully saturated rings. The van der Waals surface area contributed by atoms with Gasteiger partial charge < -0.3 is 0 Å². The first-order valence-corrected chi connectivity index (χ1v) is 4.71. The number of rotatable bonds is 2. The molecule has 0 unspecified atom stereocenters. The molecule has 0 heterocycles. The number of hydrogen-bond donors (Lipinski definition) is 1. The van der Waals surface area contributed by atoms with Crippen molar-refractivity contribution in [3.63, 3.8) is 0 Å². The Kier molecular flexibility index (Phi) is 2.66. The number of benzene rings is 2. The highest BCUT2D eigenvalue weighted by Crippen LogP contribution is 2.21. The van der Waals surface area contributed by atoms with Crippen LogP contribution in [0.4, 0.5) is 4.39 Å². The van der Waals surface area contributed by atoms with Crippen LogP contribution in [-0.4, -0.2) is 0 Å². The summed E-state index contributed by atoms with van der Waals surface area (Å²) in [6.45, 7) is 2.33. The molecule has 15 heavy (non-hydrogen) atoms. The highest BCUT2D eigenvalue weighted by atomic mass is 19.1. The van der Waals surface area contributed by atoms with Crippen molar-refractivity contribution >= 4 is 10.8 Å². The Morgan fingerprint density at radius 3 is 2.73 bits per heavy atom. The van der Waals surface area contributed by atoms with E-state index in [0.717, 1.165) is 21.9 Å². The largest absolute Gasteiger partial charge is 0.300 e. The second-order valence-corrected chi connectivity index (χ2v) is 3.58. The van der Waals surface area contributed by atoms with Crippen molar-refractivity contribution in [2.75, 3.05) is 0 Å². The molecular formula is C12H12FNO. The van der Waals surface area contributed by atoms with E-state index in [1.54, 1.807) is 6.07 Å². The summed E-state index contributed by atoms with van der Waals surface area (Å²) >= 11 is 0. The third-order valence-electron chi connectivity index (χ3n) is 2.50. The summed E-state index contributed by atoms with van der Waals surface area (Å²) in [6.07, 6.45) is 0. The molecule has 2 aromatic carbocycles. The van der Waals surface area contributed by atoms with Gasteiger partial charge in [0.25, 0.3) is 0 Å². The van der Waals surface area contributed by atoms with Gasteiger partial charge in [0, 0.05) is 0 Å². The molecule has 0 aromatic heterocycles. The molecule has 0 aliphatic carbocycles. The van der Waals surface area contributed by atoms with Crippen molar-refractivity contribution in [2.45, 2.75) is 13.5 Å². The van der Waals surface area contributed by atoms with E-state index in [2.05, 4.69) is 4.84 Å². The predicted octanol–water partition coefficient (Wildman–Crippen LogP) is 2.68. The molecule has 0 bridgehead atoms. The van der Waals surface area contributed by atoms with Gasteiger partial charge >= 0.3 is 0 Å². The Balaban J connectivity index is 2.61. The Morgan fingerprint density at radius 1 is 1.20 bits per heavy atom. The van der Waals surface area contributed by atoms with E-state index in [4.69, 9.17) is 5.90 Å². The standard InChI is InChI=1S/C12H12FNO/c1-8-4-9-2-3-12(13)6-10(9)5-11(8)7-15-14/h2-6H,7,14H2,1H3. The zero-order valence-electron chi connectivity index (χ0n) is 8.46. The fourth-order valence-electron chi connectivity index (χ4n) is 1.67. The van der Waals surface area contributed by atoms with Crippen LogP contribution in [0.3, 0.4) is 0 Å². The molecule has 0 saturated carbocycles. The summed E-state index contributed by atoms with van der Waals surface area (Å²) in [5.41, 5.74) is 2.08. The second-order valence-electron chi connectivity index (χ2n) is 3.58. The van der Waals surface area contributed by atoms with E-state index >= 15 is 0 Å². The van der Waals surface area contributed by atoms with Crippen LogP contribution in [0, 0.1) is 12.7 Å². The van der Waals surface area contributed by atoms with Crippen LogP contribution in [0.15, 0.2) is 30.3 Å². The topological polar surface area (TPSA) is 35.2 Å². The van der Waals surface area contributed by atoms with Crippen LogP contribution in [-0.2, 0) is 11.4 Å². The number of aryl methyl sites for hydroxylation is 1. The summed E-state index contributed by atoms with van der Waals surface area (Å²) in [7, 11) is 0. The molecule has 3 heteroatoms. The first-order valence-electron chi connectivity index (χ1n) is 4.71. The SMILES string of the molecule is Cc1cc2ccc(F)cc2cc1CON. The summed E-state index contributed by atoms with van der Waals surface area (Å²) in [4.78, 5) is 4.59. The Labute approximate surface area is 87.4 Å². The molecule has 78 valence electrons. The van der Waals surface area contributed by atoms with Gasteiger partial charge in [-0.25, -0.2) is 10.3 Å². The van der Waals surface area contributed by atoms with Gasteiger partial charge in [-0.15, -0.1) is 0 Å². The lowest BCUT2D eigenvalue weighted by Crippen LogP contribution is -2.00. The maximum atomic E-state index is 13.0. The molecule has 0 atom stereocenters. The first-order chi connectivity index (χ1) is 7.20. The van der Waals surface area contributed by atoms with Gasteiger partial charge in [-0.2, -0.15) is 0 Å². The number of fused-ring (bicyclic) bond motifs is 1. The lowest BCUT2D eigenvalue weighted by Gasteiger charge is -2.06. The molecule has 0 amide bonds. The summed E-state index contributed by atoms with van der Waals surface area (Å²) < 4.78 is 13.0. The van der Waals surface area contributed by atoms with Crippen LogP contribution in [0.2, 0.25) is 0 Å². The second kappa shape index (κ2) is 3.96. The van der Waals surface area contributed by atoms with Crippen molar-refractivity contribution in [3.8, 4) is 0 Å². The molecule has 2 rings (SSSR count). The molecule has 0 saturated heterocycles. The van der Waals surface area contributed by atoms with Gasteiger partial charge in [0.1, 0.15) is 5.82 Å². The number of halogens is 1. The monoisotopic (exact) mass is 205 g/mol. The molecule has 2 aromatic rings. The van der Waals surface area contributed by atoms with Gasteiger partial charge in [0.2, 0.25) is 0 Å². The van der Waals surface area contributed by atoms with E-state index in [0.29, 0.717) is 6.61 Å². The third-order valence-corrected chi connectivity index (χ3v) is 2.50. The highest BCUT2D eigenvalue weighted by Gasteiger charge is 2.02. The minimum atomic E-state index is -0.231. The van der Waals surface area contributed by atoms with E-state index in [-0.39, 0.29) is 5.82 Å². The summed E-state index contributed by atoms with van der Waals surface area (Å²) in [5, 5.41) is 1.89. The third kappa shape index (κ3) is 1.98. The van der Waals surface area contributed by atoms with Gasteiger partial charge in [-0.1, -0.05) is 12.1 Å². The average Bonchev–Trinajstić information content (AvgIpc) is 2.20. The fourth-order valence-corrected chi connectivity index (χ4v) is 1.67. The fraction of sp³-hybridized carbons (Fsp3) is 0.167. The van der Waals surface area contributed by atoms with Crippen molar-refractivity contribution in [2.24, 2.45) is 5.90 Å². The lowest BCUT2D eigenvalue weighted by atomic mass is 10.0. The molecule has 2 nitrogen and oxygen atoms in total. The van der Waals surface area contributed by atoms with Crippen LogP contribution in [0.25, 0.3) is 10.8 Å². The minimum Gasteiger partial charge on any atom is -0.300 e. The van der Waals surface area contributed by atoms with Crippen LogP contribution in [0.1, 0.15) is 11.1 Å². The zero-order chi connectivity index (χ0) is 10.8. The molecule has 0 radical (unpaired) electrons. The van der Waals surface area contributed by atoms with Gasteiger partial charge in [0.05, 0.1) is 6.61 Å². The summed E-state index contributed by atoms with van der Waals surface area (Å²) in [6, 6.07) is 8.64. The molecule has 2 N–H and O–H groups in total. The summed E-state index contributed by atoms with van der Waals surface area (Å²) in [5.74, 6) is 4.80. The van der Waals surface area contributed by atoms with E-state index in [1.807, 2.05) is 19.1 Å². The number of nitrogens with two attached hydrogens (primary N) is 1. The van der Waals surface area contributed by atoms with Crippen molar-refractivity contribution in [1.29, 1.82) is 0 Å². The normalized spacial score (nSPS) is 10.9.